The minimum atomic E-state index is 0.153. The van der Waals surface area contributed by atoms with Gasteiger partial charge in [0.25, 0.3) is 0 Å². The molecule has 3 rings (SSSR count). The molecule has 0 spiro atoms. The van der Waals surface area contributed by atoms with Gasteiger partial charge in [0, 0.05) is 10.6 Å². The number of imidazole rings is 1. The zero-order valence-electron chi connectivity index (χ0n) is 9.79. The quantitative estimate of drug-likeness (QED) is 0.746. The lowest BCUT2D eigenvalue weighted by atomic mass is 10.0. The molecule has 0 radical (unpaired) electrons. The molecule has 0 saturated heterocycles. The molecule has 1 aliphatic rings. The van der Waals surface area contributed by atoms with E-state index in [0.29, 0.717) is 0 Å². The van der Waals surface area contributed by atoms with Crippen LogP contribution in [0, 0.1) is 4.77 Å². The lowest BCUT2D eigenvalue weighted by Gasteiger charge is -2.26. The van der Waals surface area contributed by atoms with Crippen LogP contribution in [-0.4, -0.2) is 9.55 Å². The molecule has 1 aliphatic carbocycles. The molecule has 0 atom stereocenters. The van der Waals surface area contributed by atoms with Gasteiger partial charge in [-0.1, -0.05) is 24.4 Å². The minimum Gasteiger partial charge on any atom is -0.331 e. The Bertz CT molecular complexity index is 620. The van der Waals surface area contributed by atoms with Crippen LogP contribution in [0.3, 0.4) is 0 Å². The van der Waals surface area contributed by atoms with Crippen molar-refractivity contribution >= 4 is 34.9 Å². The number of rotatable bonds is 1. The number of nitrogens with zero attached hydrogens (tertiary/aromatic N) is 1. The number of nitrogens with one attached hydrogen (secondary N) is 1. The Morgan fingerprint density at radius 2 is 2.06 bits per heavy atom. The topological polar surface area (TPSA) is 20.7 Å². The lowest BCUT2D eigenvalue weighted by Crippen LogP contribution is -2.26. The highest BCUT2D eigenvalue weighted by atomic mass is 35.5. The Morgan fingerprint density at radius 3 is 2.76 bits per heavy atom. The van der Waals surface area contributed by atoms with Crippen LogP contribution in [0.5, 0.6) is 0 Å². The molecule has 0 amide bonds. The van der Waals surface area contributed by atoms with E-state index in [1.807, 2.05) is 18.2 Å². The first-order chi connectivity index (χ1) is 8.10. The van der Waals surface area contributed by atoms with Gasteiger partial charge in [0.2, 0.25) is 0 Å². The van der Waals surface area contributed by atoms with E-state index in [1.54, 1.807) is 0 Å². The lowest BCUT2D eigenvalue weighted by molar-refractivity contribution is 0.335. The Kier molecular flexibility index (Phi) is 2.56. The summed E-state index contributed by atoms with van der Waals surface area (Å²) in [4.78, 5) is 3.28. The Labute approximate surface area is 111 Å². The molecule has 2 nitrogen and oxygen atoms in total. The highest BCUT2D eigenvalue weighted by Gasteiger charge is 2.32. The van der Waals surface area contributed by atoms with Crippen molar-refractivity contribution in [3.05, 3.63) is 28.0 Å². The Hall–Kier alpha value is -0.800. The van der Waals surface area contributed by atoms with Crippen molar-refractivity contribution in [1.29, 1.82) is 0 Å². The van der Waals surface area contributed by atoms with Gasteiger partial charge in [0.15, 0.2) is 4.77 Å². The average Bonchev–Trinajstić information content (AvgIpc) is 2.82. The van der Waals surface area contributed by atoms with Gasteiger partial charge in [-0.3, -0.25) is 0 Å². The van der Waals surface area contributed by atoms with Gasteiger partial charge >= 0.3 is 0 Å². The van der Waals surface area contributed by atoms with Gasteiger partial charge < -0.3 is 9.55 Å². The van der Waals surface area contributed by atoms with Crippen molar-refractivity contribution in [1.82, 2.24) is 9.55 Å². The normalized spacial score (nSPS) is 18.9. The Balaban J connectivity index is 2.31. The summed E-state index contributed by atoms with van der Waals surface area (Å²) < 4.78 is 3.07. The number of benzene rings is 1. The van der Waals surface area contributed by atoms with Gasteiger partial charge in [0.05, 0.1) is 11.0 Å². The molecule has 1 heterocycles. The number of hydrogen-bond donors (Lipinski definition) is 1. The van der Waals surface area contributed by atoms with Gasteiger partial charge in [-0.05, 0) is 50.2 Å². The summed E-state index contributed by atoms with van der Waals surface area (Å²) in [6, 6.07) is 5.91. The van der Waals surface area contributed by atoms with Crippen LogP contribution in [0.15, 0.2) is 18.2 Å². The zero-order chi connectivity index (χ0) is 12.0. The molecule has 1 aromatic carbocycles. The number of aromatic nitrogens is 2. The maximum atomic E-state index is 6.09. The van der Waals surface area contributed by atoms with Crippen LogP contribution in [0.2, 0.25) is 5.02 Å². The van der Waals surface area contributed by atoms with Crippen LogP contribution >= 0.6 is 23.8 Å². The minimum absolute atomic E-state index is 0.153. The predicted molar refractivity (Wildman–Crippen MR) is 74.2 cm³/mol. The molecule has 0 bridgehead atoms. The van der Waals surface area contributed by atoms with E-state index < -0.39 is 0 Å². The van der Waals surface area contributed by atoms with Crippen LogP contribution < -0.4 is 0 Å². The smallest absolute Gasteiger partial charge is 0.178 e. The number of hydrogen-bond acceptors (Lipinski definition) is 1. The van der Waals surface area contributed by atoms with E-state index in [4.69, 9.17) is 23.8 Å². The molecule has 90 valence electrons. The maximum Gasteiger partial charge on any atom is 0.178 e. The monoisotopic (exact) mass is 266 g/mol. The van der Waals surface area contributed by atoms with Gasteiger partial charge in [-0.2, -0.15) is 0 Å². The molecule has 1 N–H and O–H groups in total. The summed E-state index contributed by atoms with van der Waals surface area (Å²) in [5.74, 6) is 0. The summed E-state index contributed by atoms with van der Waals surface area (Å²) in [5.41, 5.74) is 2.36. The first-order valence-electron chi connectivity index (χ1n) is 6.01. The first-order valence-corrected chi connectivity index (χ1v) is 6.80. The first kappa shape index (κ1) is 11.3. The van der Waals surface area contributed by atoms with E-state index in [9.17, 15) is 0 Å². The van der Waals surface area contributed by atoms with E-state index in [2.05, 4.69) is 16.5 Å². The highest BCUT2D eigenvalue weighted by Crippen LogP contribution is 2.38. The third-order valence-corrected chi connectivity index (χ3v) is 4.39. The zero-order valence-corrected chi connectivity index (χ0v) is 11.4. The van der Waals surface area contributed by atoms with Crippen LogP contribution in [0.1, 0.15) is 32.6 Å². The van der Waals surface area contributed by atoms with E-state index in [0.717, 1.165) is 20.8 Å². The molecular weight excluding hydrogens is 252 g/mol. The van der Waals surface area contributed by atoms with Crippen LogP contribution in [-0.2, 0) is 5.54 Å². The fourth-order valence-electron chi connectivity index (χ4n) is 2.97. The predicted octanol–water partition coefficient (Wildman–Crippen LogP) is 4.64. The average molecular weight is 267 g/mol. The summed E-state index contributed by atoms with van der Waals surface area (Å²) in [6.45, 7) is 2.30. The SMILES string of the molecule is CC1(n2c(=S)[nH]c3ccc(Cl)cc32)CCCC1. The molecule has 1 aromatic heterocycles. The van der Waals surface area contributed by atoms with Gasteiger partial charge in [0.1, 0.15) is 0 Å². The number of aromatic amines is 1. The van der Waals surface area contributed by atoms with Crippen molar-refractivity contribution in [2.75, 3.05) is 0 Å². The van der Waals surface area contributed by atoms with E-state index in [1.165, 1.54) is 25.7 Å². The fraction of sp³-hybridized carbons (Fsp3) is 0.462. The molecule has 0 aliphatic heterocycles. The molecule has 2 aromatic rings. The summed E-state index contributed by atoms with van der Waals surface area (Å²) in [7, 11) is 0. The second kappa shape index (κ2) is 3.85. The standard InChI is InChI=1S/C13H15ClN2S/c1-13(6-2-3-7-13)16-11-8-9(14)4-5-10(11)15-12(16)17/h4-5,8H,2-3,6-7H2,1H3,(H,15,17). The molecule has 4 heteroatoms. The van der Waals surface area contributed by atoms with E-state index in [-0.39, 0.29) is 5.54 Å². The van der Waals surface area contributed by atoms with Crippen molar-refractivity contribution in [3.63, 3.8) is 0 Å². The second-order valence-corrected chi connectivity index (χ2v) is 5.95. The number of halogens is 1. The molecule has 1 fully saturated rings. The fourth-order valence-corrected chi connectivity index (χ4v) is 3.57. The Morgan fingerprint density at radius 1 is 1.35 bits per heavy atom. The van der Waals surface area contributed by atoms with Crippen LogP contribution in [0.4, 0.5) is 0 Å². The molecule has 1 saturated carbocycles. The van der Waals surface area contributed by atoms with Crippen LogP contribution in [0.25, 0.3) is 11.0 Å². The summed E-state index contributed by atoms with van der Waals surface area (Å²) in [5, 5.41) is 0.766. The third-order valence-electron chi connectivity index (χ3n) is 3.87. The van der Waals surface area contributed by atoms with E-state index >= 15 is 0 Å². The maximum absolute atomic E-state index is 6.09. The molecule has 17 heavy (non-hydrogen) atoms. The number of H-pyrrole nitrogens is 1. The van der Waals surface area contributed by atoms with Crippen molar-refractivity contribution < 1.29 is 0 Å². The van der Waals surface area contributed by atoms with Crippen molar-refractivity contribution in [2.45, 2.75) is 38.1 Å². The summed E-state index contributed by atoms with van der Waals surface area (Å²) in [6.07, 6.45) is 4.96. The molecular formula is C13H15ClN2S. The largest absolute Gasteiger partial charge is 0.331 e. The summed E-state index contributed by atoms with van der Waals surface area (Å²) >= 11 is 11.6. The second-order valence-electron chi connectivity index (χ2n) is 5.13. The third kappa shape index (κ3) is 1.72. The van der Waals surface area contributed by atoms with Crippen molar-refractivity contribution in [2.24, 2.45) is 0 Å². The highest BCUT2D eigenvalue weighted by molar-refractivity contribution is 7.71. The number of fused-ring (bicyclic) bond motifs is 1. The molecule has 0 unspecified atom stereocenters. The van der Waals surface area contributed by atoms with Crippen molar-refractivity contribution in [3.8, 4) is 0 Å². The van der Waals surface area contributed by atoms with Gasteiger partial charge in [-0.25, -0.2) is 0 Å². The van der Waals surface area contributed by atoms with Gasteiger partial charge in [-0.15, -0.1) is 0 Å².